The second kappa shape index (κ2) is 14.8. The number of nitrogens with zero attached hydrogens (tertiary/aromatic N) is 3. The number of benzene rings is 1. The lowest BCUT2D eigenvalue weighted by atomic mass is 10.1. The number of aliphatic imine (C=N–C) groups is 1. The largest absolute Gasteiger partial charge is 0.444 e. The Bertz CT molecular complexity index is 832. The molecule has 1 aromatic heterocycles. The average Bonchev–Trinajstić information content (AvgIpc) is 3.25. The highest BCUT2D eigenvalue weighted by atomic mass is 127. The molecule has 1 heterocycles. The number of alkyl carbamates (subject to hydrolysis) is 1. The number of halogens is 1. The Labute approximate surface area is 215 Å². The van der Waals surface area contributed by atoms with E-state index in [1.54, 1.807) is 13.2 Å². The maximum atomic E-state index is 12.0. The Morgan fingerprint density at radius 1 is 1.18 bits per heavy atom. The lowest BCUT2D eigenvalue weighted by Gasteiger charge is -2.24. The van der Waals surface area contributed by atoms with Crippen LogP contribution in [-0.4, -0.2) is 46.8 Å². The van der Waals surface area contributed by atoms with Gasteiger partial charge in [0.1, 0.15) is 5.60 Å². The number of hydrogen-bond acceptors (Lipinski definition) is 4. The summed E-state index contributed by atoms with van der Waals surface area (Å²) in [5.74, 6) is 0.708. The summed E-state index contributed by atoms with van der Waals surface area (Å²) >= 11 is 0. The molecule has 184 valence electrons. The van der Waals surface area contributed by atoms with Gasteiger partial charge in [-0.15, -0.1) is 24.0 Å². The number of ether oxygens (including phenoxy) is 1. The molecule has 0 fully saturated rings. The van der Waals surface area contributed by atoms with Crippen LogP contribution in [0.25, 0.3) is 0 Å². The van der Waals surface area contributed by atoms with E-state index in [2.05, 4.69) is 57.1 Å². The van der Waals surface area contributed by atoms with Gasteiger partial charge in [-0.2, -0.15) is 0 Å². The minimum atomic E-state index is -0.512. The SMILES string of the molecule is CCCCC(CNC(=O)OC(C)(C)C)NC(=NC)NCc1ccc(Cn2ccnc2)cc1.I. The van der Waals surface area contributed by atoms with Gasteiger partial charge in [0, 0.05) is 45.1 Å². The van der Waals surface area contributed by atoms with Crippen molar-refractivity contribution in [1.82, 2.24) is 25.5 Å². The maximum Gasteiger partial charge on any atom is 0.407 e. The van der Waals surface area contributed by atoms with Gasteiger partial charge < -0.3 is 25.3 Å². The van der Waals surface area contributed by atoms with Crippen LogP contribution in [0.4, 0.5) is 4.79 Å². The summed E-state index contributed by atoms with van der Waals surface area (Å²) in [5, 5.41) is 9.65. The predicted molar refractivity (Wildman–Crippen MR) is 144 cm³/mol. The normalized spacial score (nSPS) is 12.5. The molecule has 8 nitrogen and oxygen atoms in total. The van der Waals surface area contributed by atoms with Crippen molar-refractivity contribution >= 4 is 36.0 Å². The third-order valence-electron chi connectivity index (χ3n) is 4.77. The van der Waals surface area contributed by atoms with E-state index in [1.165, 1.54) is 11.1 Å². The number of aromatic nitrogens is 2. The topological polar surface area (TPSA) is 92.6 Å². The van der Waals surface area contributed by atoms with Gasteiger partial charge >= 0.3 is 6.09 Å². The molecule has 0 spiro atoms. The zero-order valence-electron chi connectivity index (χ0n) is 20.4. The Morgan fingerprint density at radius 3 is 2.45 bits per heavy atom. The fraction of sp³-hybridized carbons (Fsp3) is 0.542. The fourth-order valence-corrected chi connectivity index (χ4v) is 3.12. The van der Waals surface area contributed by atoms with Crippen molar-refractivity contribution < 1.29 is 9.53 Å². The quantitative estimate of drug-likeness (QED) is 0.225. The van der Waals surface area contributed by atoms with E-state index in [9.17, 15) is 4.79 Å². The first-order valence-corrected chi connectivity index (χ1v) is 11.3. The number of amides is 1. The number of hydrogen-bond donors (Lipinski definition) is 3. The molecule has 0 aliphatic heterocycles. The number of rotatable bonds is 10. The molecule has 1 amide bonds. The summed E-state index contributed by atoms with van der Waals surface area (Å²) in [4.78, 5) is 20.4. The predicted octanol–water partition coefficient (Wildman–Crippen LogP) is 4.30. The molecule has 0 saturated carbocycles. The van der Waals surface area contributed by atoms with Crippen molar-refractivity contribution in [2.75, 3.05) is 13.6 Å². The molecule has 2 rings (SSSR count). The molecule has 0 aliphatic carbocycles. The average molecular weight is 571 g/mol. The van der Waals surface area contributed by atoms with Gasteiger partial charge in [-0.05, 0) is 38.3 Å². The van der Waals surface area contributed by atoms with Crippen molar-refractivity contribution in [3.8, 4) is 0 Å². The Kier molecular flexibility index (Phi) is 12.9. The van der Waals surface area contributed by atoms with Gasteiger partial charge in [0.05, 0.1) is 6.33 Å². The summed E-state index contributed by atoms with van der Waals surface area (Å²) in [6, 6.07) is 8.55. The van der Waals surface area contributed by atoms with E-state index in [0.29, 0.717) is 19.0 Å². The molecular weight excluding hydrogens is 531 g/mol. The minimum Gasteiger partial charge on any atom is -0.444 e. The molecule has 0 saturated heterocycles. The van der Waals surface area contributed by atoms with E-state index < -0.39 is 11.7 Å². The smallest absolute Gasteiger partial charge is 0.407 e. The van der Waals surface area contributed by atoms with Gasteiger partial charge in [-0.25, -0.2) is 9.78 Å². The highest BCUT2D eigenvalue weighted by Gasteiger charge is 2.18. The Hall–Kier alpha value is -2.30. The Morgan fingerprint density at radius 2 is 1.88 bits per heavy atom. The molecule has 1 unspecified atom stereocenters. The first kappa shape index (κ1) is 28.7. The number of carbonyl (C=O) groups is 1. The highest BCUT2D eigenvalue weighted by molar-refractivity contribution is 14.0. The van der Waals surface area contributed by atoms with Crippen LogP contribution >= 0.6 is 24.0 Å². The molecule has 9 heteroatoms. The van der Waals surface area contributed by atoms with Crippen LogP contribution in [0, 0.1) is 0 Å². The van der Waals surface area contributed by atoms with Gasteiger partial charge in [-0.1, -0.05) is 44.0 Å². The van der Waals surface area contributed by atoms with E-state index in [0.717, 1.165) is 25.8 Å². The van der Waals surface area contributed by atoms with E-state index >= 15 is 0 Å². The molecule has 0 bridgehead atoms. The standard InChI is InChI=1S/C24H38N6O2.HI/c1-6-7-8-21(16-28-23(31)32-24(2,3)4)29-22(25-5)27-15-19-9-11-20(12-10-19)17-30-14-13-26-18-30;/h9-14,18,21H,6-8,15-17H2,1-5H3,(H,28,31)(H2,25,27,29);1H. The number of imidazole rings is 1. The van der Waals surface area contributed by atoms with Gasteiger partial charge in [0.25, 0.3) is 0 Å². The zero-order chi connectivity index (χ0) is 23.4. The second-order valence-corrected chi connectivity index (χ2v) is 8.84. The van der Waals surface area contributed by atoms with Crippen LogP contribution in [0.3, 0.4) is 0 Å². The molecule has 0 radical (unpaired) electrons. The molecule has 33 heavy (non-hydrogen) atoms. The van der Waals surface area contributed by atoms with E-state index in [4.69, 9.17) is 4.74 Å². The molecule has 1 aromatic carbocycles. The highest BCUT2D eigenvalue weighted by Crippen LogP contribution is 2.08. The monoisotopic (exact) mass is 570 g/mol. The molecule has 2 aromatic rings. The summed E-state index contributed by atoms with van der Waals surface area (Å²) < 4.78 is 7.39. The molecular formula is C24H39IN6O2. The van der Waals surface area contributed by atoms with E-state index in [-0.39, 0.29) is 30.0 Å². The second-order valence-electron chi connectivity index (χ2n) is 8.84. The molecule has 0 aliphatic rings. The number of guanidine groups is 1. The first-order chi connectivity index (χ1) is 15.3. The van der Waals surface area contributed by atoms with Crippen molar-refractivity contribution in [2.45, 2.75) is 71.7 Å². The molecule has 3 N–H and O–H groups in total. The van der Waals surface area contributed by atoms with Crippen LogP contribution in [-0.2, 0) is 17.8 Å². The van der Waals surface area contributed by atoms with Crippen molar-refractivity contribution in [1.29, 1.82) is 0 Å². The lowest BCUT2D eigenvalue weighted by molar-refractivity contribution is 0.0523. The summed E-state index contributed by atoms with van der Waals surface area (Å²) in [6.07, 6.45) is 8.23. The summed E-state index contributed by atoms with van der Waals surface area (Å²) in [5.41, 5.74) is 1.88. The molecule has 1 atom stereocenters. The third-order valence-corrected chi connectivity index (χ3v) is 4.77. The fourth-order valence-electron chi connectivity index (χ4n) is 3.12. The van der Waals surface area contributed by atoms with E-state index in [1.807, 2.05) is 37.9 Å². The van der Waals surface area contributed by atoms with Gasteiger partial charge in [-0.3, -0.25) is 4.99 Å². The van der Waals surface area contributed by atoms with Crippen LogP contribution in [0.15, 0.2) is 48.0 Å². The zero-order valence-corrected chi connectivity index (χ0v) is 22.8. The van der Waals surface area contributed by atoms with Crippen molar-refractivity contribution in [2.24, 2.45) is 4.99 Å². The number of carbonyl (C=O) groups excluding carboxylic acids is 1. The lowest BCUT2D eigenvalue weighted by Crippen LogP contribution is -2.48. The summed E-state index contributed by atoms with van der Waals surface area (Å²) in [7, 11) is 1.75. The minimum absolute atomic E-state index is 0. The maximum absolute atomic E-state index is 12.0. The van der Waals surface area contributed by atoms with Crippen LogP contribution in [0.2, 0.25) is 0 Å². The van der Waals surface area contributed by atoms with Crippen LogP contribution in [0.5, 0.6) is 0 Å². The van der Waals surface area contributed by atoms with Crippen molar-refractivity contribution in [3.63, 3.8) is 0 Å². The number of nitrogens with one attached hydrogen (secondary N) is 3. The van der Waals surface area contributed by atoms with Crippen molar-refractivity contribution in [3.05, 3.63) is 54.1 Å². The van der Waals surface area contributed by atoms with Crippen LogP contribution < -0.4 is 16.0 Å². The van der Waals surface area contributed by atoms with Gasteiger partial charge in [0.15, 0.2) is 5.96 Å². The third kappa shape index (κ3) is 11.9. The summed E-state index contributed by atoms with van der Waals surface area (Å²) in [6.45, 7) is 9.66. The van der Waals surface area contributed by atoms with Crippen LogP contribution in [0.1, 0.15) is 58.1 Å². The first-order valence-electron chi connectivity index (χ1n) is 11.3. The Balaban J connectivity index is 0.00000544. The number of unbranched alkanes of at least 4 members (excludes halogenated alkanes) is 1. The van der Waals surface area contributed by atoms with Gasteiger partial charge in [0.2, 0.25) is 0 Å².